The predicted octanol–water partition coefficient (Wildman–Crippen LogP) is 18.1. The second-order valence-electron chi connectivity index (χ2n) is 17.5. The van der Waals surface area contributed by atoms with E-state index in [2.05, 4.69) is 169 Å². The zero-order chi connectivity index (χ0) is 49.3. The van der Waals surface area contributed by atoms with Gasteiger partial charge in [0.2, 0.25) is 0 Å². The van der Waals surface area contributed by atoms with Gasteiger partial charge in [-0.1, -0.05) is 202 Å². The number of nitrogens with zero attached hydrogens (tertiary/aromatic N) is 1. The Morgan fingerprint density at radius 2 is 1.15 bits per heavy atom. The molecule has 1 heterocycles. The summed E-state index contributed by atoms with van der Waals surface area (Å²) in [4.78, 5) is 0. The van der Waals surface area contributed by atoms with Crippen LogP contribution in [0, 0.1) is 0 Å². The molecule has 1 atom stereocenters. The van der Waals surface area contributed by atoms with Crippen LogP contribution in [0.3, 0.4) is 0 Å². The lowest BCUT2D eigenvalue weighted by atomic mass is 9.74. The summed E-state index contributed by atoms with van der Waals surface area (Å²) < 4.78 is 2.22. The predicted molar refractivity (Wildman–Crippen MR) is 303 cm³/mol. The molecule has 0 spiro atoms. The van der Waals surface area contributed by atoms with Crippen LogP contribution in [0.2, 0.25) is 0 Å². The monoisotopic (exact) mass is 922 g/mol. The van der Waals surface area contributed by atoms with Gasteiger partial charge in [0.15, 0.2) is 0 Å². The van der Waals surface area contributed by atoms with Crippen LogP contribution in [-0.2, 0) is 5.41 Å². The van der Waals surface area contributed by atoms with Crippen molar-refractivity contribution in [2.75, 3.05) is 5.32 Å². The fourth-order valence-electron chi connectivity index (χ4n) is 9.94. The number of hydrogen-bond acceptors (Lipinski definition) is 3. The molecule has 0 bridgehead atoms. The molecule has 9 aromatic carbocycles. The zero-order valence-corrected chi connectivity index (χ0v) is 40.7. The van der Waals surface area contributed by atoms with Gasteiger partial charge < -0.3 is 20.1 Å². The summed E-state index contributed by atoms with van der Waals surface area (Å²) in [7, 11) is 0. The number of aliphatic hydroxyl groups excluding tert-OH is 2. The van der Waals surface area contributed by atoms with Gasteiger partial charge in [0.05, 0.1) is 5.52 Å². The van der Waals surface area contributed by atoms with Gasteiger partial charge in [0, 0.05) is 45.2 Å². The third-order valence-corrected chi connectivity index (χ3v) is 13.4. The minimum atomic E-state index is -0.388. The van der Waals surface area contributed by atoms with Crippen LogP contribution in [0.25, 0.3) is 67.0 Å². The molecular formula is C67H58N2O2. The molecule has 0 aliphatic heterocycles. The van der Waals surface area contributed by atoms with E-state index in [0.29, 0.717) is 11.1 Å². The molecule has 0 saturated carbocycles. The molecule has 0 radical (unpaired) electrons. The Morgan fingerprint density at radius 3 is 1.87 bits per heavy atom. The van der Waals surface area contributed by atoms with Crippen molar-refractivity contribution in [2.45, 2.75) is 33.1 Å². The fraction of sp³-hybridized carbons (Fsp3) is 0.0746. The average Bonchev–Trinajstić information content (AvgIpc) is 3.93. The van der Waals surface area contributed by atoms with Crippen LogP contribution in [-0.4, -0.2) is 14.8 Å². The minimum Gasteiger partial charge on any atom is -0.507 e. The molecule has 10 aromatic rings. The van der Waals surface area contributed by atoms with Crippen molar-refractivity contribution in [3.63, 3.8) is 0 Å². The number of nitrogens with one attached hydrogen (secondary N) is 1. The first-order valence-electron chi connectivity index (χ1n) is 24.3. The van der Waals surface area contributed by atoms with Gasteiger partial charge in [0.1, 0.15) is 11.5 Å². The molecule has 0 fully saturated rings. The largest absolute Gasteiger partial charge is 0.507 e. The Kier molecular flexibility index (Phi) is 14.1. The number of allylic oxidation sites excluding steroid dienone is 4. The van der Waals surface area contributed by atoms with Gasteiger partial charge in [-0.3, -0.25) is 0 Å². The number of para-hydroxylation sites is 1. The SMILES string of the molecule is C=C/C=C\c1cc2ccccc2n1-c1ccc(N/C=C(O)/C(C)=C(\C(O)=C/c2ccc3c(c2)C(C)(c2ccccc2)c2ccccc2-3)c2cc3ccccc3c3ccccc23)cc1.CC.c1ccccc1. The molecule has 4 heteroatoms. The molecule has 71 heavy (non-hydrogen) atoms. The quantitative estimate of drug-likeness (QED) is 0.0728. The molecule has 348 valence electrons. The van der Waals surface area contributed by atoms with Crippen LogP contribution in [0.5, 0.6) is 0 Å². The van der Waals surface area contributed by atoms with Crippen molar-refractivity contribution in [1.82, 2.24) is 4.57 Å². The van der Waals surface area contributed by atoms with E-state index in [0.717, 1.165) is 60.6 Å². The summed E-state index contributed by atoms with van der Waals surface area (Å²) in [6, 6.07) is 75.0. The van der Waals surface area contributed by atoms with Crippen LogP contribution < -0.4 is 5.32 Å². The molecule has 0 amide bonds. The first kappa shape index (κ1) is 47.2. The van der Waals surface area contributed by atoms with E-state index < -0.39 is 0 Å². The van der Waals surface area contributed by atoms with E-state index >= 15 is 0 Å². The second-order valence-corrected chi connectivity index (χ2v) is 17.5. The summed E-state index contributed by atoms with van der Waals surface area (Å²) >= 11 is 0. The van der Waals surface area contributed by atoms with E-state index in [1.807, 2.05) is 112 Å². The maximum Gasteiger partial charge on any atom is 0.135 e. The molecule has 0 saturated heterocycles. The van der Waals surface area contributed by atoms with Gasteiger partial charge in [-0.05, 0) is 135 Å². The van der Waals surface area contributed by atoms with Crippen molar-refractivity contribution in [3.05, 3.63) is 294 Å². The maximum absolute atomic E-state index is 12.5. The van der Waals surface area contributed by atoms with Crippen molar-refractivity contribution in [2.24, 2.45) is 0 Å². The van der Waals surface area contributed by atoms with Crippen LogP contribution in [0.4, 0.5) is 5.69 Å². The third-order valence-electron chi connectivity index (χ3n) is 13.4. The number of rotatable bonds is 10. The molecule has 1 unspecified atom stereocenters. The standard InChI is InChI=1S/C59H46N2O2.C6H6.C2H6/c1-4-5-21-46-36-42-18-10-16-27-55(42)61(46)45-31-29-44(30-32-45)60-38-57(63)39(2)58(52-37-41-17-9-11-22-47(41)48-23-12-13-24-49(48)52)56(62)35-40-28-33-51-50-25-14-15-26-53(50)59(3,54(51)34-40)43-19-7-6-8-20-43;1-2-4-6-5-3-1;1-2/h4-38,60,62-63H,1H2,2-3H3;1-6H;1-2H3/b21-5-,56-35+,57-38-,58-39-;;. The van der Waals surface area contributed by atoms with E-state index in [1.54, 1.807) is 12.3 Å². The van der Waals surface area contributed by atoms with Crippen molar-refractivity contribution in [1.29, 1.82) is 0 Å². The molecule has 1 aliphatic carbocycles. The van der Waals surface area contributed by atoms with Gasteiger partial charge in [-0.25, -0.2) is 0 Å². The summed E-state index contributed by atoms with van der Waals surface area (Å²) in [5.41, 5.74) is 12.4. The maximum atomic E-state index is 12.5. The lowest BCUT2D eigenvalue weighted by Crippen LogP contribution is -2.22. The molecule has 1 aliphatic rings. The van der Waals surface area contributed by atoms with Crippen LogP contribution in [0.1, 0.15) is 61.2 Å². The van der Waals surface area contributed by atoms with E-state index in [4.69, 9.17) is 0 Å². The number of benzene rings is 9. The Hall–Kier alpha value is -8.86. The summed E-state index contributed by atoms with van der Waals surface area (Å²) in [6.45, 7) is 12.0. The van der Waals surface area contributed by atoms with E-state index in [9.17, 15) is 10.2 Å². The van der Waals surface area contributed by atoms with Crippen molar-refractivity contribution < 1.29 is 10.2 Å². The molecule has 1 aromatic heterocycles. The van der Waals surface area contributed by atoms with E-state index in [1.165, 1.54) is 27.8 Å². The van der Waals surface area contributed by atoms with Gasteiger partial charge in [-0.15, -0.1) is 0 Å². The van der Waals surface area contributed by atoms with Gasteiger partial charge in [0.25, 0.3) is 0 Å². The number of anilines is 1. The molecule has 3 N–H and O–H groups in total. The Bertz CT molecular complexity index is 3600. The third kappa shape index (κ3) is 9.36. The minimum absolute atomic E-state index is 0.000532. The van der Waals surface area contributed by atoms with Crippen molar-refractivity contribution >= 4 is 55.9 Å². The topological polar surface area (TPSA) is 57.4 Å². The fourth-order valence-corrected chi connectivity index (χ4v) is 9.94. The lowest BCUT2D eigenvalue weighted by molar-refractivity contribution is 0.418. The summed E-state index contributed by atoms with van der Waals surface area (Å²) in [5.74, 6) is 0.0509. The Morgan fingerprint density at radius 1 is 0.563 bits per heavy atom. The summed E-state index contributed by atoms with van der Waals surface area (Å²) in [5, 5.41) is 33.2. The average molecular weight is 923 g/mol. The first-order chi connectivity index (χ1) is 34.8. The van der Waals surface area contributed by atoms with Crippen LogP contribution in [0.15, 0.2) is 260 Å². The number of fused-ring (bicyclic) bond motifs is 7. The Balaban J connectivity index is 0.000000719. The number of hydrogen-bond donors (Lipinski definition) is 3. The molecule has 4 nitrogen and oxygen atoms in total. The van der Waals surface area contributed by atoms with Gasteiger partial charge in [-0.2, -0.15) is 0 Å². The zero-order valence-electron chi connectivity index (χ0n) is 40.7. The lowest BCUT2D eigenvalue weighted by Gasteiger charge is -2.28. The number of aliphatic hydroxyl groups is 2. The smallest absolute Gasteiger partial charge is 0.135 e. The number of aromatic nitrogens is 1. The highest BCUT2D eigenvalue weighted by molar-refractivity contribution is 6.13. The van der Waals surface area contributed by atoms with Crippen molar-refractivity contribution in [3.8, 4) is 16.8 Å². The summed E-state index contributed by atoms with van der Waals surface area (Å²) in [6.07, 6.45) is 9.21. The highest BCUT2D eigenvalue weighted by Gasteiger charge is 2.40. The normalized spacial score (nSPS) is 14.5. The first-order valence-corrected chi connectivity index (χ1v) is 24.3. The Labute approximate surface area is 417 Å². The van der Waals surface area contributed by atoms with E-state index in [-0.39, 0.29) is 16.9 Å². The second kappa shape index (κ2) is 21.2. The molecular weight excluding hydrogens is 865 g/mol. The van der Waals surface area contributed by atoms with Gasteiger partial charge >= 0.3 is 0 Å². The van der Waals surface area contributed by atoms with Crippen LogP contribution >= 0.6 is 0 Å². The highest BCUT2D eigenvalue weighted by atomic mass is 16.3. The molecule has 11 rings (SSSR count). The highest BCUT2D eigenvalue weighted by Crippen LogP contribution is 2.52.